The monoisotopic (exact) mass is 329 g/mol. The number of nitrogens with zero attached hydrogens (tertiary/aromatic N) is 3. The summed E-state index contributed by atoms with van der Waals surface area (Å²) in [6.45, 7) is 4.47. The van der Waals surface area contributed by atoms with E-state index < -0.39 is 10.8 Å². The van der Waals surface area contributed by atoms with E-state index >= 15 is 0 Å². The average Bonchev–Trinajstić information content (AvgIpc) is 2.95. The largest absolute Gasteiger partial charge is 0.359 e. The molecule has 1 aromatic carbocycles. The predicted octanol–water partition coefficient (Wildman–Crippen LogP) is 3.29. The molecule has 0 radical (unpaired) electrons. The number of pyridine rings is 1. The molecule has 0 aliphatic carbocycles. The molecule has 6 heteroatoms. The smallest absolute Gasteiger partial charge is 0.202 e. The van der Waals surface area contributed by atoms with Crippen LogP contribution in [0.1, 0.15) is 25.8 Å². The Bertz CT molecular complexity index is 817. The zero-order valence-corrected chi connectivity index (χ0v) is 14.0. The Labute approximate surface area is 137 Å². The highest BCUT2D eigenvalue weighted by Gasteiger charge is 2.20. The second-order valence-electron chi connectivity index (χ2n) is 5.12. The van der Waals surface area contributed by atoms with Gasteiger partial charge in [0.1, 0.15) is 6.23 Å². The second kappa shape index (κ2) is 7.02. The van der Waals surface area contributed by atoms with Crippen LogP contribution >= 0.6 is 0 Å². The lowest BCUT2D eigenvalue weighted by molar-refractivity contribution is 0.0217. The van der Waals surface area contributed by atoms with E-state index in [9.17, 15) is 4.21 Å². The highest BCUT2D eigenvalue weighted by Crippen LogP contribution is 2.25. The van der Waals surface area contributed by atoms with Crippen molar-refractivity contribution in [3.05, 3.63) is 54.4 Å². The highest BCUT2D eigenvalue weighted by molar-refractivity contribution is 7.84. The zero-order valence-electron chi connectivity index (χ0n) is 13.2. The molecule has 2 heterocycles. The molecule has 3 aromatic rings. The minimum atomic E-state index is -1.29. The SMILES string of the molecule is CCOC(C)n1c(S(=O)Cc2ccccn2)nc2ccccc21. The Morgan fingerprint density at radius 3 is 2.74 bits per heavy atom. The molecule has 0 bridgehead atoms. The van der Waals surface area contributed by atoms with Gasteiger partial charge in [0, 0.05) is 12.8 Å². The van der Waals surface area contributed by atoms with E-state index in [4.69, 9.17) is 4.74 Å². The third-order valence-electron chi connectivity index (χ3n) is 3.54. The minimum absolute atomic E-state index is 0.227. The van der Waals surface area contributed by atoms with Crippen molar-refractivity contribution in [2.45, 2.75) is 31.0 Å². The molecule has 2 aromatic heterocycles. The number of fused-ring (bicyclic) bond motifs is 1. The fourth-order valence-corrected chi connectivity index (χ4v) is 3.77. The zero-order chi connectivity index (χ0) is 16.2. The first-order valence-electron chi connectivity index (χ1n) is 7.57. The summed E-state index contributed by atoms with van der Waals surface area (Å²) in [5, 5.41) is 0.526. The van der Waals surface area contributed by atoms with Crippen LogP contribution in [0.3, 0.4) is 0 Å². The van der Waals surface area contributed by atoms with Crippen LogP contribution in [-0.4, -0.2) is 25.4 Å². The van der Waals surface area contributed by atoms with Gasteiger partial charge in [-0.25, -0.2) is 4.98 Å². The molecule has 2 atom stereocenters. The fourth-order valence-electron chi connectivity index (χ4n) is 2.53. The number of para-hydroxylation sites is 2. The summed E-state index contributed by atoms with van der Waals surface area (Å²) in [5.41, 5.74) is 2.54. The third-order valence-corrected chi connectivity index (χ3v) is 4.80. The maximum atomic E-state index is 12.8. The van der Waals surface area contributed by atoms with Crippen LogP contribution in [-0.2, 0) is 21.3 Å². The predicted molar refractivity (Wildman–Crippen MR) is 90.4 cm³/mol. The first-order valence-corrected chi connectivity index (χ1v) is 8.89. The van der Waals surface area contributed by atoms with Crippen LogP contribution < -0.4 is 0 Å². The number of hydrogen-bond acceptors (Lipinski definition) is 4. The van der Waals surface area contributed by atoms with Crippen molar-refractivity contribution < 1.29 is 8.95 Å². The van der Waals surface area contributed by atoms with Gasteiger partial charge in [-0.3, -0.25) is 13.8 Å². The molecule has 0 spiro atoms. The van der Waals surface area contributed by atoms with E-state index in [0.29, 0.717) is 17.5 Å². The van der Waals surface area contributed by atoms with Gasteiger partial charge in [-0.05, 0) is 38.1 Å². The molecule has 0 N–H and O–H groups in total. The Morgan fingerprint density at radius 2 is 2.00 bits per heavy atom. The normalized spacial score (nSPS) is 14.0. The molecule has 5 nitrogen and oxygen atoms in total. The minimum Gasteiger partial charge on any atom is -0.359 e. The van der Waals surface area contributed by atoms with E-state index in [0.717, 1.165) is 16.7 Å². The van der Waals surface area contributed by atoms with Crippen LogP contribution in [0.2, 0.25) is 0 Å². The number of hydrogen-bond donors (Lipinski definition) is 0. The summed E-state index contributed by atoms with van der Waals surface area (Å²) in [6.07, 6.45) is 1.48. The van der Waals surface area contributed by atoms with E-state index in [1.54, 1.807) is 6.20 Å². The lowest BCUT2D eigenvalue weighted by Gasteiger charge is -2.17. The van der Waals surface area contributed by atoms with Crippen LogP contribution in [0.4, 0.5) is 0 Å². The van der Waals surface area contributed by atoms with Gasteiger partial charge < -0.3 is 4.74 Å². The maximum absolute atomic E-state index is 12.8. The van der Waals surface area contributed by atoms with Crippen molar-refractivity contribution >= 4 is 21.8 Å². The number of rotatable bonds is 6. The molecule has 3 rings (SSSR count). The Balaban J connectivity index is 2.02. The van der Waals surface area contributed by atoms with E-state index in [-0.39, 0.29) is 6.23 Å². The van der Waals surface area contributed by atoms with Gasteiger partial charge in [0.25, 0.3) is 0 Å². The number of benzene rings is 1. The Hall–Kier alpha value is -2.05. The van der Waals surface area contributed by atoms with Gasteiger partial charge in [-0.2, -0.15) is 0 Å². The lowest BCUT2D eigenvalue weighted by Crippen LogP contribution is -2.14. The summed E-state index contributed by atoms with van der Waals surface area (Å²) in [5.74, 6) is 0.336. The number of imidazole rings is 1. The summed E-state index contributed by atoms with van der Waals surface area (Å²) in [4.78, 5) is 8.81. The van der Waals surface area contributed by atoms with Crippen molar-refractivity contribution in [2.75, 3.05) is 6.61 Å². The van der Waals surface area contributed by atoms with Crippen molar-refractivity contribution in [3.8, 4) is 0 Å². The van der Waals surface area contributed by atoms with Crippen molar-refractivity contribution in [1.29, 1.82) is 0 Å². The first-order chi connectivity index (χ1) is 11.2. The van der Waals surface area contributed by atoms with Gasteiger partial charge in [-0.1, -0.05) is 18.2 Å². The van der Waals surface area contributed by atoms with E-state index in [2.05, 4.69) is 9.97 Å². The van der Waals surface area contributed by atoms with Crippen molar-refractivity contribution in [1.82, 2.24) is 14.5 Å². The van der Waals surface area contributed by atoms with Gasteiger partial charge in [-0.15, -0.1) is 0 Å². The molecule has 0 aliphatic rings. The van der Waals surface area contributed by atoms with Crippen LogP contribution in [0.15, 0.2) is 53.8 Å². The molecule has 2 unspecified atom stereocenters. The third kappa shape index (κ3) is 3.33. The fraction of sp³-hybridized carbons (Fsp3) is 0.294. The molecule has 0 fully saturated rings. The summed E-state index contributed by atoms with van der Waals surface area (Å²) in [7, 11) is -1.29. The maximum Gasteiger partial charge on any atom is 0.202 e. The van der Waals surface area contributed by atoms with Gasteiger partial charge >= 0.3 is 0 Å². The summed E-state index contributed by atoms with van der Waals surface area (Å²) in [6, 6.07) is 13.4. The molecule has 0 aliphatic heterocycles. The average molecular weight is 329 g/mol. The van der Waals surface area contributed by atoms with Crippen molar-refractivity contribution in [3.63, 3.8) is 0 Å². The highest BCUT2D eigenvalue weighted by atomic mass is 32.2. The van der Waals surface area contributed by atoms with Crippen LogP contribution in [0.25, 0.3) is 11.0 Å². The molecular weight excluding hydrogens is 310 g/mol. The Morgan fingerprint density at radius 1 is 1.22 bits per heavy atom. The number of aromatic nitrogens is 3. The molecular formula is C17H19N3O2S. The van der Waals surface area contributed by atoms with Crippen LogP contribution in [0.5, 0.6) is 0 Å². The van der Waals surface area contributed by atoms with Crippen LogP contribution in [0, 0.1) is 0 Å². The molecule has 23 heavy (non-hydrogen) atoms. The molecule has 0 amide bonds. The topological polar surface area (TPSA) is 57.0 Å². The Kier molecular flexibility index (Phi) is 4.83. The van der Waals surface area contributed by atoms with Gasteiger partial charge in [0.15, 0.2) is 0 Å². The standard InChI is InChI=1S/C17H19N3O2S/c1-3-22-13(2)20-16-10-5-4-9-15(16)19-17(20)23(21)12-14-8-6-7-11-18-14/h4-11,13H,3,12H2,1-2H3. The lowest BCUT2D eigenvalue weighted by atomic mass is 10.3. The molecule has 120 valence electrons. The van der Waals surface area contributed by atoms with Gasteiger partial charge in [0.2, 0.25) is 5.16 Å². The molecule has 0 saturated carbocycles. The first kappa shape index (κ1) is 15.8. The quantitative estimate of drug-likeness (QED) is 0.696. The van der Waals surface area contributed by atoms with E-state index in [1.165, 1.54) is 0 Å². The van der Waals surface area contributed by atoms with Gasteiger partial charge in [0.05, 0.1) is 33.3 Å². The summed E-state index contributed by atoms with van der Waals surface area (Å²) < 4.78 is 20.5. The molecule has 0 saturated heterocycles. The van der Waals surface area contributed by atoms with Crippen molar-refractivity contribution in [2.24, 2.45) is 0 Å². The summed E-state index contributed by atoms with van der Waals surface area (Å²) >= 11 is 0. The number of ether oxygens (including phenoxy) is 1. The van der Waals surface area contributed by atoms with E-state index in [1.807, 2.05) is 60.9 Å². The second-order valence-corrected chi connectivity index (χ2v) is 6.46.